The normalized spacial score (nSPS) is 18.7. The van der Waals surface area contributed by atoms with Crippen LogP contribution in [0.1, 0.15) is 19.8 Å². The van der Waals surface area contributed by atoms with Crippen molar-refractivity contribution in [1.82, 2.24) is 4.90 Å². The number of nitrogens with one attached hydrogen (secondary N) is 1. The lowest BCUT2D eigenvalue weighted by Crippen LogP contribution is -2.29. The number of amides is 2. The van der Waals surface area contributed by atoms with E-state index in [9.17, 15) is 9.59 Å². The summed E-state index contributed by atoms with van der Waals surface area (Å²) >= 11 is 0. The van der Waals surface area contributed by atoms with Crippen molar-refractivity contribution >= 4 is 23.2 Å². The van der Waals surface area contributed by atoms with Gasteiger partial charge in [-0.15, -0.1) is 0 Å². The Morgan fingerprint density at radius 1 is 1.53 bits per heavy atom. The summed E-state index contributed by atoms with van der Waals surface area (Å²) in [4.78, 5) is 25.1. The SMILES string of the molecule is CC1CC(=O)N(CCC(=O)Nc2cccc(N)c2)C1. The van der Waals surface area contributed by atoms with Crippen molar-refractivity contribution in [3.05, 3.63) is 24.3 Å². The smallest absolute Gasteiger partial charge is 0.226 e. The van der Waals surface area contributed by atoms with E-state index < -0.39 is 0 Å². The van der Waals surface area contributed by atoms with E-state index in [0.29, 0.717) is 36.7 Å². The third-order valence-electron chi connectivity index (χ3n) is 3.19. The van der Waals surface area contributed by atoms with Gasteiger partial charge in [-0.25, -0.2) is 0 Å². The van der Waals surface area contributed by atoms with Crippen molar-refractivity contribution in [1.29, 1.82) is 0 Å². The molecule has 0 spiro atoms. The van der Waals surface area contributed by atoms with Crippen LogP contribution in [0.4, 0.5) is 11.4 Å². The fraction of sp³-hybridized carbons (Fsp3) is 0.429. The van der Waals surface area contributed by atoms with Crippen LogP contribution in [0.3, 0.4) is 0 Å². The highest BCUT2D eigenvalue weighted by molar-refractivity contribution is 5.91. The third kappa shape index (κ3) is 3.71. The van der Waals surface area contributed by atoms with Crippen molar-refractivity contribution in [2.45, 2.75) is 19.8 Å². The van der Waals surface area contributed by atoms with Crippen LogP contribution >= 0.6 is 0 Å². The lowest BCUT2D eigenvalue weighted by molar-refractivity contribution is -0.128. The predicted molar refractivity (Wildman–Crippen MR) is 74.5 cm³/mol. The number of nitrogens with two attached hydrogens (primary N) is 1. The predicted octanol–water partition coefficient (Wildman–Crippen LogP) is 1.47. The van der Waals surface area contributed by atoms with Crippen LogP contribution in [-0.4, -0.2) is 29.8 Å². The standard InChI is InChI=1S/C14H19N3O2/c1-10-7-14(19)17(9-10)6-5-13(18)16-12-4-2-3-11(15)8-12/h2-4,8,10H,5-7,9,15H2,1H3,(H,16,18). The average Bonchev–Trinajstić information content (AvgIpc) is 2.65. The number of anilines is 2. The highest BCUT2D eigenvalue weighted by Gasteiger charge is 2.26. The van der Waals surface area contributed by atoms with Gasteiger partial charge in [0.1, 0.15) is 0 Å². The molecular weight excluding hydrogens is 242 g/mol. The first-order chi connectivity index (χ1) is 9.04. The second-order valence-corrected chi connectivity index (χ2v) is 5.07. The van der Waals surface area contributed by atoms with E-state index in [1.807, 2.05) is 6.92 Å². The Hall–Kier alpha value is -2.04. The van der Waals surface area contributed by atoms with Gasteiger partial charge >= 0.3 is 0 Å². The van der Waals surface area contributed by atoms with Gasteiger partial charge in [-0.1, -0.05) is 13.0 Å². The summed E-state index contributed by atoms with van der Waals surface area (Å²) in [7, 11) is 0. The van der Waals surface area contributed by atoms with E-state index >= 15 is 0 Å². The van der Waals surface area contributed by atoms with Crippen LogP contribution in [0.5, 0.6) is 0 Å². The fourth-order valence-corrected chi connectivity index (χ4v) is 2.26. The molecular formula is C14H19N3O2. The molecule has 5 nitrogen and oxygen atoms in total. The van der Waals surface area contributed by atoms with Gasteiger partial charge in [0.05, 0.1) is 0 Å². The minimum absolute atomic E-state index is 0.0991. The van der Waals surface area contributed by atoms with E-state index in [4.69, 9.17) is 5.73 Å². The molecule has 0 saturated carbocycles. The minimum Gasteiger partial charge on any atom is -0.399 e. The molecule has 1 atom stereocenters. The van der Waals surface area contributed by atoms with E-state index in [-0.39, 0.29) is 11.8 Å². The number of nitrogen functional groups attached to an aromatic ring is 1. The van der Waals surface area contributed by atoms with Crippen LogP contribution < -0.4 is 11.1 Å². The summed E-state index contributed by atoms with van der Waals surface area (Å²) in [5.41, 5.74) is 6.94. The monoisotopic (exact) mass is 261 g/mol. The Labute approximate surface area is 112 Å². The minimum atomic E-state index is -0.0991. The molecule has 1 saturated heterocycles. The number of carbonyl (C=O) groups excluding carboxylic acids is 2. The van der Waals surface area contributed by atoms with Crippen molar-refractivity contribution in [2.75, 3.05) is 24.1 Å². The van der Waals surface area contributed by atoms with Gasteiger partial charge in [0.2, 0.25) is 11.8 Å². The molecule has 0 radical (unpaired) electrons. The summed E-state index contributed by atoms with van der Waals surface area (Å²) in [5.74, 6) is 0.437. The Morgan fingerprint density at radius 2 is 2.32 bits per heavy atom. The van der Waals surface area contributed by atoms with Gasteiger partial charge in [-0.05, 0) is 24.1 Å². The summed E-state index contributed by atoms with van der Waals surface area (Å²) in [6.07, 6.45) is 0.907. The number of hydrogen-bond acceptors (Lipinski definition) is 3. The molecule has 1 unspecified atom stereocenters. The number of carbonyl (C=O) groups is 2. The maximum atomic E-state index is 11.8. The molecule has 1 fully saturated rings. The molecule has 1 aliphatic heterocycles. The zero-order valence-electron chi connectivity index (χ0n) is 11.1. The van der Waals surface area contributed by atoms with Gasteiger partial charge in [-0.2, -0.15) is 0 Å². The number of rotatable bonds is 4. The summed E-state index contributed by atoms with van der Waals surface area (Å²) < 4.78 is 0. The second-order valence-electron chi connectivity index (χ2n) is 5.07. The molecule has 3 N–H and O–H groups in total. The van der Waals surface area contributed by atoms with E-state index in [2.05, 4.69) is 5.32 Å². The first-order valence-corrected chi connectivity index (χ1v) is 6.48. The quantitative estimate of drug-likeness (QED) is 0.806. The van der Waals surface area contributed by atoms with Crippen molar-refractivity contribution in [3.8, 4) is 0 Å². The molecule has 1 aliphatic rings. The van der Waals surface area contributed by atoms with Crippen molar-refractivity contribution < 1.29 is 9.59 Å². The Balaban J connectivity index is 1.80. The molecule has 102 valence electrons. The summed E-state index contributed by atoms with van der Waals surface area (Å²) in [6, 6.07) is 7.05. The first kappa shape index (κ1) is 13.4. The zero-order chi connectivity index (χ0) is 13.8. The second kappa shape index (κ2) is 5.73. The number of nitrogens with zero attached hydrogens (tertiary/aromatic N) is 1. The molecule has 1 aromatic carbocycles. The lowest BCUT2D eigenvalue weighted by atomic mass is 10.2. The van der Waals surface area contributed by atoms with Crippen molar-refractivity contribution in [2.24, 2.45) is 5.92 Å². The van der Waals surface area contributed by atoms with Crippen molar-refractivity contribution in [3.63, 3.8) is 0 Å². The van der Waals surface area contributed by atoms with E-state index in [1.54, 1.807) is 29.2 Å². The summed E-state index contributed by atoms with van der Waals surface area (Å²) in [6.45, 7) is 3.28. The largest absolute Gasteiger partial charge is 0.399 e. The molecule has 19 heavy (non-hydrogen) atoms. The Kier molecular flexibility index (Phi) is 4.04. The van der Waals surface area contributed by atoms with Crippen LogP contribution in [0, 0.1) is 5.92 Å². The highest BCUT2D eigenvalue weighted by Crippen LogP contribution is 2.17. The number of likely N-dealkylation sites (tertiary alicyclic amines) is 1. The molecule has 0 aliphatic carbocycles. The molecule has 0 bridgehead atoms. The van der Waals surface area contributed by atoms with Gasteiger partial charge in [0.15, 0.2) is 0 Å². The fourth-order valence-electron chi connectivity index (χ4n) is 2.26. The maximum absolute atomic E-state index is 11.8. The third-order valence-corrected chi connectivity index (χ3v) is 3.19. The van der Waals surface area contributed by atoms with E-state index in [1.165, 1.54) is 0 Å². The first-order valence-electron chi connectivity index (χ1n) is 6.48. The molecule has 0 aromatic heterocycles. The Bertz CT molecular complexity index is 487. The molecule has 5 heteroatoms. The van der Waals surface area contributed by atoms with Gasteiger partial charge in [0.25, 0.3) is 0 Å². The van der Waals surface area contributed by atoms with Crippen LogP contribution in [0.15, 0.2) is 24.3 Å². The zero-order valence-corrected chi connectivity index (χ0v) is 11.1. The Morgan fingerprint density at radius 3 is 2.95 bits per heavy atom. The van der Waals surface area contributed by atoms with Crippen LogP contribution in [-0.2, 0) is 9.59 Å². The molecule has 1 aromatic rings. The summed E-state index contributed by atoms with van der Waals surface area (Å²) in [5, 5.41) is 2.78. The topological polar surface area (TPSA) is 75.4 Å². The average molecular weight is 261 g/mol. The molecule has 2 amide bonds. The number of hydrogen-bond donors (Lipinski definition) is 2. The van der Waals surface area contributed by atoms with Crippen LogP contribution in [0.25, 0.3) is 0 Å². The van der Waals surface area contributed by atoms with Gasteiger partial charge < -0.3 is 16.0 Å². The van der Waals surface area contributed by atoms with Gasteiger partial charge in [-0.3, -0.25) is 9.59 Å². The van der Waals surface area contributed by atoms with E-state index in [0.717, 1.165) is 6.54 Å². The number of benzene rings is 1. The highest BCUT2D eigenvalue weighted by atomic mass is 16.2. The molecule has 1 heterocycles. The van der Waals surface area contributed by atoms with Gasteiger partial charge in [0, 0.05) is 37.3 Å². The molecule has 2 rings (SSSR count). The maximum Gasteiger partial charge on any atom is 0.226 e. The lowest BCUT2D eigenvalue weighted by Gasteiger charge is -2.15. The van der Waals surface area contributed by atoms with Crippen LogP contribution in [0.2, 0.25) is 0 Å².